The average molecular weight is 248 g/mol. The highest BCUT2D eigenvalue weighted by Crippen LogP contribution is 2.31. The molecule has 0 saturated heterocycles. The lowest BCUT2D eigenvalue weighted by molar-refractivity contribution is 0.0854. The van der Waals surface area contributed by atoms with Gasteiger partial charge in [0.1, 0.15) is 0 Å². The van der Waals surface area contributed by atoms with E-state index in [1.165, 1.54) is 37.7 Å². The van der Waals surface area contributed by atoms with Gasteiger partial charge >= 0.3 is 0 Å². The molecule has 2 nitrogen and oxygen atoms in total. The molecule has 1 saturated carbocycles. The molecular formula is C16H24O2. The molecule has 2 heteroatoms. The third kappa shape index (κ3) is 3.56. The van der Waals surface area contributed by atoms with Crippen LogP contribution in [0.4, 0.5) is 0 Å². The summed E-state index contributed by atoms with van der Waals surface area (Å²) in [6.45, 7) is 0.381. The molecule has 0 bridgehead atoms. The van der Waals surface area contributed by atoms with Crippen LogP contribution in [0.5, 0.6) is 0 Å². The van der Waals surface area contributed by atoms with Crippen molar-refractivity contribution < 1.29 is 9.84 Å². The molecule has 0 aliphatic heterocycles. The van der Waals surface area contributed by atoms with Crippen LogP contribution in [0.2, 0.25) is 0 Å². The largest absolute Gasteiger partial charge is 0.386 e. The van der Waals surface area contributed by atoms with Gasteiger partial charge in [0.15, 0.2) is 0 Å². The van der Waals surface area contributed by atoms with E-state index in [4.69, 9.17) is 4.74 Å². The quantitative estimate of drug-likeness (QED) is 0.826. The number of methoxy groups -OCH3 is 1. The van der Waals surface area contributed by atoms with E-state index in [0.29, 0.717) is 6.61 Å². The maximum absolute atomic E-state index is 9.94. The van der Waals surface area contributed by atoms with Crippen molar-refractivity contribution in [3.63, 3.8) is 0 Å². The molecule has 2 aliphatic carbocycles. The number of aliphatic hydroxyl groups excluding tert-OH is 1. The van der Waals surface area contributed by atoms with Gasteiger partial charge in [-0.1, -0.05) is 43.6 Å². The standard InChI is InChI=1S/C16H24O2/c1-18-12-16(17)15-9-5-8-14(10-11-15)13-6-3-2-4-7-13/h5,8,10-11,13,16-17H,2-4,6-7,9,12H2,1H3. The number of rotatable bonds is 4. The second kappa shape index (κ2) is 6.91. The van der Waals surface area contributed by atoms with E-state index in [1.807, 2.05) is 0 Å². The van der Waals surface area contributed by atoms with E-state index < -0.39 is 6.10 Å². The van der Waals surface area contributed by atoms with Crippen molar-refractivity contribution in [2.24, 2.45) is 5.92 Å². The Balaban J connectivity index is 2.04. The summed E-state index contributed by atoms with van der Waals surface area (Å²) in [5, 5.41) is 9.94. The summed E-state index contributed by atoms with van der Waals surface area (Å²) in [5.41, 5.74) is 2.49. The van der Waals surface area contributed by atoms with Crippen molar-refractivity contribution in [2.45, 2.75) is 44.6 Å². The van der Waals surface area contributed by atoms with Gasteiger partial charge < -0.3 is 9.84 Å². The molecule has 1 fully saturated rings. The van der Waals surface area contributed by atoms with Crippen LogP contribution in [0, 0.1) is 5.92 Å². The topological polar surface area (TPSA) is 29.5 Å². The van der Waals surface area contributed by atoms with Gasteiger partial charge in [0.25, 0.3) is 0 Å². The lowest BCUT2D eigenvalue weighted by Gasteiger charge is -2.22. The molecule has 0 amide bonds. The second-order valence-electron chi connectivity index (χ2n) is 5.32. The van der Waals surface area contributed by atoms with Crippen molar-refractivity contribution >= 4 is 0 Å². The van der Waals surface area contributed by atoms with Crippen LogP contribution in [0.3, 0.4) is 0 Å². The summed E-state index contributed by atoms with van der Waals surface area (Å²) in [6.07, 6.45) is 15.8. The van der Waals surface area contributed by atoms with Crippen LogP contribution in [0.15, 0.2) is 35.5 Å². The first-order valence-electron chi connectivity index (χ1n) is 7.05. The lowest BCUT2D eigenvalue weighted by Crippen LogP contribution is -2.16. The molecule has 0 aromatic carbocycles. The predicted molar refractivity (Wildman–Crippen MR) is 74.4 cm³/mol. The van der Waals surface area contributed by atoms with Gasteiger partial charge in [0, 0.05) is 7.11 Å². The summed E-state index contributed by atoms with van der Waals surface area (Å²) in [4.78, 5) is 0. The first-order valence-corrected chi connectivity index (χ1v) is 7.05. The van der Waals surface area contributed by atoms with Crippen LogP contribution in [-0.4, -0.2) is 24.9 Å². The average Bonchev–Trinajstić information content (AvgIpc) is 2.66. The fourth-order valence-electron chi connectivity index (χ4n) is 2.88. The Morgan fingerprint density at radius 3 is 2.78 bits per heavy atom. The Hall–Kier alpha value is -0.860. The Kier molecular flexibility index (Phi) is 5.21. The molecule has 100 valence electrons. The van der Waals surface area contributed by atoms with Crippen LogP contribution < -0.4 is 0 Å². The van der Waals surface area contributed by atoms with Gasteiger partial charge in [-0.05, 0) is 36.3 Å². The van der Waals surface area contributed by atoms with Crippen molar-refractivity contribution in [1.29, 1.82) is 0 Å². The first kappa shape index (κ1) is 13.6. The van der Waals surface area contributed by atoms with Crippen molar-refractivity contribution in [2.75, 3.05) is 13.7 Å². The summed E-state index contributed by atoms with van der Waals surface area (Å²) < 4.78 is 5.01. The molecule has 0 aromatic rings. The van der Waals surface area contributed by atoms with Crippen LogP contribution in [0.25, 0.3) is 0 Å². The lowest BCUT2D eigenvalue weighted by atomic mass is 9.83. The fourth-order valence-corrected chi connectivity index (χ4v) is 2.88. The molecule has 2 aliphatic rings. The first-order chi connectivity index (χ1) is 8.81. The third-order valence-electron chi connectivity index (χ3n) is 3.98. The third-order valence-corrected chi connectivity index (χ3v) is 3.98. The minimum Gasteiger partial charge on any atom is -0.386 e. The van der Waals surface area contributed by atoms with E-state index in [2.05, 4.69) is 24.3 Å². The van der Waals surface area contributed by atoms with Crippen LogP contribution >= 0.6 is 0 Å². The highest BCUT2D eigenvalue weighted by atomic mass is 16.5. The van der Waals surface area contributed by atoms with Gasteiger partial charge in [0.05, 0.1) is 12.7 Å². The SMILES string of the molecule is COCC(O)C1=CC=C(C2CCCCC2)C=CC1. The fraction of sp³-hybridized carbons (Fsp3) is 0.625. The zero-order valence-electron chi connectivity index (χ0n) is 11.3. The number of hydrogen-bond donors (Lipinski definition) is 1. The Bertz CT molecular complexity index is 346. The van der Waals surface area contributed by atoms with E-state index >= 15 is 0 Å². The molecular weight excluding hydrogens is 224 g/mol. The van der Waals surface area contributed by atoms with Gasteiger partial charge in [0.2, 0.25) is 0 Å². The van der Waals surface area contributed by atoms with Gasteiger partial charge in [-0.15, -0.1) is 0 Å². The summed E-state index contributed by atoms with van der Waals surface area (Å²) in [7, 11) is 1.62. The van der Waals surface area contributed by atoms with Crippen molar-refractivity contribution in [3.8, 4) is 0 Å². The predicted octanol–water partition coefficient (Wildman–Crippen LogP) is 3.39. The monoisotopic (exact) mass is 248 g/mol. The van der Waals surface area contributed by atoms with Gasteiger partial charge in [-0.3, -0.25) is 0 Å². The Morgan fingerprint density at radius 2 is 2.06 bits per heavy atom. The van der Waals surface area contributed by atoms with Crippen LogP contribution in [-0.2, 0) is 4.74 Å². The number of hydrogen-bond acceptors (Lipinski definition) is 2. The second-order valence-corrected chi connectivity index (χ2v) is 5.32. The highest BCUT2D eigenvalue weighted by Gasteiger charge is 2.17. The van der Waals surface area contributed by atoms with Gasteiger partial charge in [-0.25, -0.2) is 0 Å². The van der Waals surface area contributed by atoms with E-state index in [9.17, 15) is 5.11 Å². The Morgan fingerprint density at radius 1 is 1.28 bits per heavy atom. The van der Waals surface area contributed by atoms with Crippen molar-refractivity contribution in [3.05, 3.63) is 35.5 Å². The van der Waals surface area contributed by atoms with Gasteiger partial charge in [-0.2, -0.15) is 0 Å². The zero-order chi connectivity index (χ0) is 12.8. The summed E-state index contributed by atoms with van der Waals surface area (Å²) >= 11 is 0. The molecule has 1 atom stereocenters. The number of ether oxygens (including phenoxy) is 1. The zero-order valence-corrected chi connectivity index (χ0v) is 11.3. The maximum Gasteiger partial charge on any atom is 0.0989 e. The molecule has 1 unspecified atom stereocenters. The smallest absolute Gasteiger partial charge is 0.0989 e. The molecule has 0 radical (unpaired) electrons. The van der Waals surface area contributed by atoms with Crippen molar-refractivity contribution in [1.82, 2.24) is 0 Å². The van der Waals surface area contributed by atoms with E-state index in [1.54, 1.807) is 7.11 Å². The molecule has 18 heavy (non-hydrogen) atoms. The van der Waals surface area contributed by atoms with E-state index in [0.717, 1.165) is 17.9 Å². The summed E-state index contributed by atoms with van der Waals surface area (Å²) in [6, 6.07) is 0. The summed E-state index contributed by atoms with van der Waals surface area (Å²) in [5.74, 6) is 0.727. The minimum atomic E-state index is -0.471. The minimum absolute atomic E-state index is 0.381. The molecule has 0 spiro atoms. The highest BCUT2D eigenvalue weighted by molar-refractivity contribution is 5.34. The molecule has 0 aromatic heterocycles. The van der Waals surface area contributed by atoms with Crippen LogP contribution in [0.1, 0.15) is 38.5 Å². The molecule has 2 rings (SSSR count). The Labute approximate surface area is 110 Å². The number of allylic oxidation sites excluding steroid dienone is 5. The molecule has 0 heterocycles. The number of aliphatic hydroxyl groups is 1. The maximum atomic E-state index is 9.94. The normalized spacial score (nSPS) is 23.2. The molecule has 1 N–H and O–H groups in total. The van der Waals surface area contributed by atoms with E-state index in [-0.39, 0.29) is 0 Å².